The van der Waals surface area contributed by atoms with Gasteiger partial charge in [0.1, 0.15) is 0 Å². The summed E-state index contributed by atoms with van der Waals surface area (Å²) in [6.07, 6.45) is 3.52. The largest absolute Gasteiger partial charge is 0.493 e. The number of carbonyl (C=O) groups is 1. The number of rotatable bonds is 4. The lowest BCUT2D eigenvalue weighted by atomic mass is 9.94. The molecule has 2 heterocycles. The molecule has 1 aromatic rings. The second-order valence-corrected chi connectivity index (χ2v) is 6.30. The first-order valence-electron chi connectivity index (χ1n) is 8.30. The zero-order valence-corrected chi connectivity index (χ0v) is 14.0. The van der Waals surface area contributed by atoms with Crippen molar-refractivity contribution in [2.45, 2.75) is 32.2 Å². The quantitative estimate of drug-likeness (QED) is 0.855. The number of hydrogen-bond acceptors (Lipinski definition) is 4. The number of benzene rings is 1. The Morgan fingerprint density at radius 3 is 2.48 bits per heavy atom. The molecule has 23 heavy (non-hydrogen) atoms. The van der Waals surface area contributed by atoms with Crippen molar-refractivity contribution in [1.29, 1.82) is 0 Å². The van der Waals surface area contributed by atoms with Gasteiger partial charge in [-0.3, -0.25) is 4.79 Å². The molecule has 126 valence electrons. The molecule has 1 amide bonds. The van der Waals surface area contributed by atoms with Crippen molar-refractivity contribution in [2.24, 2.45) is 5.92 Å². The van der Waals surface area contributed by atoms with Crippen LogP contribution >= 0.6 is 0 Å². The molecule has 5 heteroatoms. The number of carbonyl (C=O) groups excluding carboxylic acids is 1. The molecule has 0 unspecified atom stereocenters. The van der Waals surface area contributed by atoms with Crippen LogP contribution in [0.5, 0.6) is 11.5 Å². The predicted molar refractivity (Wildman–Crippen MR) is 86.8 cm³/mol. The highest BCUT2D eigenvalue weighted by molar-refractivity contribution is 5.77. The average Bonchev–Trinajstić information content (AvgIpc) is 2.60. The van der Waals surface area contributed by atoms with Crippen LogP contribution in [0.3, 0.4) is 0 Å². The van der Waals surface area contributed by atoms with E-state index in [4.69, 9.17) is 14.2 Å². The van der Waals surface area contributed by atoms with Crippen molar-refractivity contribution in [3.63, 3.8) is 0 Å². The summed E-state index contributed by atoms with van der Waals surface area (Å²) >= 11 is 0. The van der Waals surface area contributed by atoms with Gasteiger partial charge in [0, 0.05) is 32.7 Å². The van der Waals surface area contributed by atoms with Crippen molar-refractivity contribution >= 4 is 5.91 Å². The summed E-state index contributed by atoms with van der Waals surface area (Å²) in [5.74, 6) is 2.22. The smallest absolute Gasteiger partial charge is 0.223 e. The average molecular weight is 319 g/mol. The lowest BCUT2D eigenvalue weighted by Crippen LogP contribution is -2.37. The molecular weight excluding hydrogens is 294 g/mol. The summed E-state index contributed by atoms with van der Waals surface area (Å²) in [5.41, 5.74) is 2.41. The molecule has 2 aliphatic rings. The fourth-order valence-electron chi connectivity index (χ4n) is 3.42. The van der Waals surface area contributed by atoms with E-state index in [1.54, 1.807) is 14.2 Å². The van der Waals surface area contributed by atoms with Crippen molar-refractivity contribution < 1.29 is 19.0 Å². The number of hydrogen-bond donors (Lipinski definition) is 0. The minimum atomic E-state index is 0.261. The maximum atomic E-state index is 12.6. The highest BCUT2D eigenvalue weighted by Gasteiger charge is 2.25. The van der Waals surface area contributed by atoms with E-state index in [1.165, 1.54) is 5.56 Å². The van der Waals surface area contributed by atoms with Gasteiger partial charge in [-0.05, 0) is 48.4 Å². The van der Waals surface area contributed by atoms with Gasteiger partial charge >= 0.3 is 0 Å². The van der Waals surface area contributed by atoms with Gasteiger partial charge in [-0.1, -0.05) is 0 Å². The maximum absolute atomic E-state index is 12.6. The minimum Gasteiger partial charge on any atom is -0.493 e. The van der Waals surface area contributed by atoms with Gasteiger partial charge in [-0.25, -0.2) is 0 Å². The lowest BCUT2D eigenvalue weighted by molar-refractivity contribution is -0.133. The predicted octanol–water partition coefficient (Wildman–Crippen LogP) is 2.41. The molecule has 3 rings (SSSR count). The van der Waals surface area contributed by atoms with Crippen LogP contribution in [0.4, 0.5) is 0 Å². The van der Waals surface area contributed by atoms with Crippen LogP contribution in [0.25, 0.3) is 0 Å². The van der Waals surface area contributed by atoms with Gasteiger partial charge in [-0.15, -0.1) is 0 Å². The Balaban J connectivity index is 1.68. The number of methoxy groups -OCH3 is 2. The molecule has 5 nitrogen and oxygen atoms in total. The first kappa shape index (κ1) is 16.1. The lowest BCUT2D eigenvalue weighted by Gasteiger charge is -2.31. The van der Waals surface area contributed by atoms with Crippen LogP contribution in [0.1, 0.15) is 30.4 Å². The molecule has 0 radical (unpaired) electrons. The van der Waals surface area contributed by atoms with E-state index in [0.29, 0.717) is 18.9 Å². The van der Waals surface area contributed by atoms with Crippen LogP contribution < -0.4 is 9.47 Å². The summed E-state index contributed by atoms with van der Waals surface area (Å²) in [5, 5.41) is 0. The van der Waals surface area contributed by atoms with E-state index in [2.05, 4.69) is 0 Å². The van der Waals surface area contributed by atoms with E-state index >= 15 is 0 Å². The molecule has 0 bridgehead atoms. The van der Waals surface area contributed by atoms with Crippen LogP contribution in [0.2, 0.25) is 0 Å². The highest BCUT2D eigenvalue weighted by atomic mass is 16.5. The highest BCUT2D eigenvalue weighted by Crippen LogP contribution is 2.33. The molecule has 0 spiro atoms. The first-order chi connectivity index (χ1) is 11.2. The summed E-state index contributed by atoms with van der Waals surface area (Å²) < 4.78 is 16.1. The monoisotopic (exact) mass is 319 g/mol. The summed E-state index contributed by atoms with van der Waals surface area (Å²) in [7, 11) is 3.29. The fraction of sp³-hybridized carbons (Fsp3) is 0.611. The molecule has 0 aromatic heterocycles. The van der Waals surface area contributed by atoms with E-state index in [1.807, 2.05) is 17.0 Å². The van der Waals surface area contributed by atoms with Gasteiger partial charge in [-0.2, -0.15) is 0 Å². The van der Waals surface area contributed by atoms with Gasteiger partial charge in [0.2, 0.25) is 5.91 Å². The maximum Gasteiger partial charge on any atom is 0.223 e. The van der Waals surface area contributed by atoms with Crippen LogP contribution in [0.15, 0.2) is 12.1 Å². The first-order valence-corrected chi connectivity index (χ1v) is 8.30. The molecule has 2 aliphatic heterocycles. The molecule has 0 saturated carbocycles. The van der Waals surface area contributed by atoms with Crippen molar-refractivity contribution in [1.82, 2.24) is 4.90 Å². The standard InChI is InChI=1S/C18H25NO4/c1-21-16-10-14-3-6-19(12-15(14)11-17(16)22-2)18(20)9-13-4-7-23-8-5-13/h10-11,13H,3-9,12H2,1-2H3. The number of nitrogens with zero attached hydrogens (tertiary/aromatic N) is 1. The molecule has 1 fully saturated rings. The third kappa shape index (κ3) is 3.61. The van der Waals surface area contributed by atoms with E-state index < -0.39 is 0 Å². The van der Waals surface area contributed by atoms with Gasteiger partial charge in [0.25, 0.3) is 0 Å². The molecule has 1 aromatic carbocycles. The molecule has 0 atom stereocenters. The third-order valence-corrected chi connectivity index (χ3v) is 4.87. The molecular formula is C18H25NO4. The molecule has 1 saturated heterocycles. The summed E-state index contributed by atoms with van der Waals surface area (Å²) in [4.78, 5) is 14.6. The van der Waals surface area contributed by atoms with Crippen molar-refractivity contribution in [3.8, 4) is 11.5 Å². The van der Waals surface area contributed by atoms with Gasteiger partial charge in [0.15, 0.2) is 11.5 Å². The summed E-state index contributed by atoms with van der Waals surface area (Å²) in [6, 6.07) is 4.04. The molecule has 0 aliphatic carbocycles. The Kier molecular flexibility index (Phi) is 5.06. The Morgan fingerprint density at radius 2 is 1.83 bits per heavy atom. The Hall–Kier alpha value is -1.75. The topological polar surface area (TPSA) is 48.0 Å². The van der Waals surface area contributed by atoms with E-state index in [9.17, 15) is 4.79 Å². The Bertz CT molecular complexity index is 566. The summed E-state index contributed by atoms with van der Waals surface area (Å²) in [6.45, 7) is 3.03. The number of amides is 1. The second-order valence-electron chi connectivity index (χ2n) is 6.30. The zero-order valence-electron chi connectivity index (χ0n) is 14.0. The van der Waals surface area contributed by atoms with E-state index in [-0.39, 0.29) is 5.91 Å². The third-order valence-electron chi connectivity index (χ3n) is 4.87. The Labute approximate surface area is 137 Å². The van der Waals surface area contributed by atoms with Crippen molar-refractivity contribution in [3.05, 3.63) is 23.3 Å². The van der Waals surface area contributed by atoms with E-state index in [0.717, 1.165) is 56.1 Å². The van der Waals surface area contributed by atoms with Gasteiger partial charge in [0.05, 0.1) is 14.2 Å². The second kappa shape index (κ2) is 7.21. The number of ether oxygens (including phenoxy) is 3. The molecule has 0 N–H and O–H groups in total. The fourth-order valence-corrected chi connectivity index (χ4v) is 3.42. The van der Waals surface area contributed by atoms with Crippen molar-refractivity contribution in [2.75, 3.05) is 34.0 Å². The Morgan fingerprint density at radius 1 is 1.17 bits per heavy atom. The number of fused-ring (bicyclic) bond motifs is 1. The zero-order chi connectivity index (χ0) is 16.2. The van der Waals surface area contributed by atoms with Crippen LogP contribution in [-0.4, -0.2) is 44.8 Å². The van der Waals surface area contributed by atoms with Crippen LogP contribution in [0, 0.1) is 5.92 Å². The normalized spacial score (nSPS) is 18.4. The van der Waals surface area contributed by atoms with Gasteiger partial charge < -0.3 is 19.1 Å². The minimum absolute atomic E-state index is 0.261. The SMILES string of the molecule is COc1cc2c(cc1OC)CN(C(=O)CC1CCOCC1)CC2. The van der Waals surface area contributed by atoms with Crippen LogP contribution in [-0.2, 0) is 22.5 Å².